The molecule has 0 unspecified atom stereocenters. The minimum absolute atomic E-state index is 0.901. The largest absolute Gasteiger partial charge is 0.0976 e. The minimum Gasteiger partial charge on any atom is -0.0976 e. The molecule has 104 valence electrons. The van der Waals surface area contributed by atoms with Crippen molar-refractivity contribution in [2.24, 2.45) is 0 Å². The smallest absolute Gasteiger partial charge is 0.0882 e. The molecule has 2 rings (SSSR count). The van der Waals surface area contributed by atoms with E-state index in [0.29, 0.717) is 0 Å². The van der Waals surface area contributed by atoms with Gasteiger partial charge in [-0.2, -0.15) is 0 Å². The summed E-state index contributed by atoms with van der Waals surface area (Å²) in [7, 11) is -1.50. The molecule has 0 aliphatic rings. The fourth-order valence-corrected chi connectivity index (χ4v) is 6.06. The van der Waals surface area contributed by atoms with Gasteiger partial charge in [-0.05, 0) is 22.2 Å². The lowest BCUT2D eigenvalue weighted by atomic mass is 10.2. The highest BCUT2D eigenvalue weighted by Crippen LogP contribution is 2.40. The SMILES string of the molecule is C[Si](C)(C)/C(Sc1ccccc1)=C(/Cl)c1ccccc1. The van der Waals surface area contributed by atoms with Crippen LogP contribution in [0.15, 0.2) is 70.1 Å². The second kappa shape index (κ2) is 6.66. The Morgan fingerprint density at radius 1 is 0.850 bits per heavy atom. The van der Waals surface area contributed by atoms with Gasteiger partial charge in [-0.15, -0.1) is 0 Å². The van der Waals surface area contributed by atoms with Crippen LogP contribution < -0.4 is 0 Å². The van der Waals surface area contributed by atoms with Crippen molar-refractivity contribution in [1.82, 2.24) is 0 Å². The Morgan fingerprint density at radius 2 is 1.35 bits per heavy atom. The Morgan fingerprint density at radius 3 is 1.85 bits per heavy atom. The fourth-order valence-electron chi connectivity index (χ4n) is 1.85. The summed E-state index contributed by atoms with van der Waals surface area (Å²) in [6.07, 6.45) is 0. The van der Waals surface area contributed by atoms with Gasteiger partial charge in [-0.3, -0.25) is 0 Å². The molecule has 0 saturated carbocycles. The first-order valence-corrected chi connectivity index (χ1v) is 11.4. The van der Waals surface area contributed by atoms with Crippen LogP contribution in [0.4, 0.5) is 0 Å². The molecule has 0 N–H and O–H groups in total. The standard InChI is InChI=1S/C17H19ClSSi/c1-20(2,3)17(19-15-12-8-5-9-13-15)16(18)14-10-6-4-7-11-14/h4-13H,1-3H3/b17-16+. The van der Waals surface area contributed by atoms with Gasteiger partial charge in [-0.25, -0.2) is 0 Å². The molecule has 0 atom stereocenters. The summed E-state index contributed by atoms with van der Waals surface area (Å²) < 4.78 is 1.33. The van der Waals surface area contributed by atoms with Crippen LogP contribution >= 0.6 is 23.4 Å². The molecule has 0 spiro atoms. The van der Waals surface area contributed by atoms with Crippen LogP contribution in [0.3, 0.4) is 0 Å². The zero-order chi connectivity index (χ0) is 14.6. The molecule has 2 aromatic carbocycles. The molecule has 3 heteroatoms. The van der Waals surface area contributed by atoms with E-state index in [9.17, 15) is 0 Å². The molecule has 20 heavy (non-hydrogen) atoms. The maximum absolute atomic E-state index is 6.70. The van der Waals surface area contributed by atoms with E-state index in [-0.39, 0.29) is 0 Å². The average Bonchev–Trinajstić information content (AvgIpc) is 2.45. The van der Waals surface area contributed by atoms with E-state index in [4.69, 9.17) is 11.6 Å². The van der Waals surface area contributed by atoms with Crippen molar-refractivity contribution in [2.75, 3.05) is 0 Å². The number of hydrogen-bond donors (Lipinski definition) is 0. The van der Waals surface area contributed by atoms with Crippen LogP contribution in [-0.2, 0) is 0 Å². The molecule has 0 fully saturated rings. The predicted octanol–water partition coefficient (Wildman–Crippen LogP) is 6.26. The van der Waals surface area contributed by atoms with Crippen LogP contribution in [0, 0.1) is 0 Å². The van der Waals surface area contributed by atoms with Crippen molar-refractivity contribution in [3.8, 4) is 0 Å². The third-order valence-electron chi connectivity index (χ3n) is 2.87. The molecule has 0 aliphatic heterocycles. The van der Waals surface area contributed by atoms with E-state index in [0.717, 1.165) is 10.6 Å². The highest BCUT2D eigenvalue weighted by molar-refractivity contribution is 8.05. The molecular weight excluding hydrogens is 300 g/mol. The Bertz CT molecular complexity index is 585. The Labute approximate surface area is 131 Å². The number of halogens is 1. The van der Waals surface area contributed by atoms with E-state index < -0.39 is 8.07 Å². The molecule has 0 heterocycles. The summed E-state index contributed by atoms with van der Waals surface area (Å²) in [4.78, 5) is 1.25. The number of rotatable bonds is 4. The first-order chi connectivity index (χ1) is 9.48. The quantitative estimate of drug-likeness (QED) is 0.473. The normalized spacial score (nSPS) is 13.0. The first kappa shape index (κ1) is 15.4. The molecule has 0 amide bonds. The maximum Gasteiger partial charge on any atom is 0.0882 e. The lowest BCUT2D eigenvalue weighted by molar-refractivity contribution is 1.47. The van der Waals surface area contributed by atoms with E-state index in [1.807, 2.05) is 36.0 Å². The summed E-state index contributed by atoms with van der Waals surface area (Å²) in [5.41, 5.74) is 1.11. The van der Waals surface area contributed by atoms with Gasteiger partial charge in [0.15, 0.2) is 0 Å². The zero-order valence-electron chi connectivity index (χ0n) is 12.1. The summed E-state index contributed by atoms with van der Waals surface area (Å²) in [6, 6.07) is 20.7. The van der Waals surface area contributed by atoms with Gasteiger partial charge in [0.1, 0.15) is 0 Å². The maximum atomic E-state index is 6.70. The second-order valence-electron chi connectivity index (χ2n) is 5.67. The van der Waals surface area contributed by atoms with Crippen LogP contribution in [0.25, 0.3) is 5.03 Å². The Balaban J connectivity index is 2.43. The van der Waals surface area contributed by atoms with E-state index in [2.05, 4.69) is 56.0 Å². The molecule has 0 aromatic heterocycles. The van der Waals surface area contributed by atoms with E-state index in [1.165, 1.54) is 9.42 Å². The molecule has 0 aliphatic carbocycles. The van der Waals surface area contributed by atoms with Crippen LogP contribution in [0.5, 0.6) is 0 Å². The first-order valence-electron chi connectivity index (χ1n) is 6.67. The highest BCUT2D eigenvalue weighted by atomic mass is 35.5. The molecule has 0 radical (unpaired) electrons. The number of thioether (sulfide) groups is 1. The second-order valence-corrected chi connectivity index (χ2v) is 12.5. The summed E-state index contributed by atoms with van der Waals surface area (Å²) in [6.45, 7) is 7.01. The summed E-state index contributed by atoms with van der Waals surface area (Å²) >= 11 is 8.51. The van der Waals surface area contributed by atoms with Gasteiger partial charge in [0.25, 0.3) is 0 Å². The molecule has 2 aromatic rings. The lowest BCUT2D eigenvalue weighted by Crippen LogP contribution is -2.22. The highest BCUT2D eigenvalue weighted by Gasteiger charge is 2.24. The topological polar surface area (TPSA) is 0 Å². The summed E-state index contributed by atoms with van der Waals surface area (Å²) in [5, 5.41) is 0.901. The van der Waals surface area contributed by atoms with Crippen molar-refractivity contribution >= 4 is 36.5 Å². The van der Waals surface area contributed by atoms with Crippen LogP contribution in [0.1, 0.15) is 5.56 Å². The van der Waals surface area contributed by atoms with E-state index >= 15 is 0 Å². The van der Waals surface area contributed by atoms with Crippen molar-refractivity contribution < 1.29 is 0 Å². The van der Waals surface area contributed by atoms with E-state index in [1.54, 1.807) is 0 Å². The molecule has 0 bridgehead atoms. The zero-order valence-corrected chi connectivity index (χ0v) is 14.6. The molecular formula is C17H19ClSSi. The van der Waals surface area contributed by atoms with Gasteiger partial charge < -0.3 is 0 Å². The number of benzene rings is 2. The average molecular weight is 319 g/mol. The lowest BCUT2D eigenvalue weighted by Gasteiger charge is -2.22. The van der Waals surface area contributed by atoms with Gasteiger partial charge >= 0.3 is 0 Å². The van der Waals surface area contributed by atoms with Crippen molar-refractivity contribution in [2.45, 2.75) is 24.5 Å². The van der Waals surface area contributed by atoms with Crippen molar-refractivity contribution in [3.05, 3.63) is 70.8 Å². The Hall–Kier alpha value is -0.963. The molecule has 0 nitrogen and oxygen atoms in total. The summed E-state index contributed by atoms with van der Waals surface area (Å²) in [5.74, 6) is 0. The third kappa shape index (κ3) is 4.01. The van der Waals surface area contributed by atoms with Crippen molar-refractivity contribution in [1.29, 1.82) is 0 Å². The van der Waals surface area contributed by atoms with Gasteiger partial charge in [-0.1, -0.05) is 91.5 Å². The monoisotopic (exact) mass is 318 g/mol. The van der Waals surface area contributed by atoms with Gasteiger partial charge in [0.05, 0.1) is 13.1 Å². The van der Waals surface area contributed by atoms with Crippen molar-refractivity contribution in [3.63, 3.8) is 0 Å². The van der Waals surface area contributed by atoms with Crippen LogP contribution in [-0.4, -0.2) is 8.07 Å². The predicted molar refractivity (Wildman–Crippen MR) is 94.9 cm³/mol. The van der Waals surface area contributed by atoms with Gasteiger partial charge in [0, 0.05) is 4.90 Å². The molecule has 0 saturated heterocycles. The minimum atomic E-state index is -1.50. The number of hydrogen-bond acceptors (Lipinski definition) is 1. The Kier molecular flexibility index (Phi) is 5.14. The van der Waals surface area contributed by atoms with Crippen LogP contribution in [0.2, 0.25) is 19.6 Å². The van der Waals surface area contributed by atoms with Gasteiger partial charge in [0.2, 0.25) is 0 Å². The third-order valence-corrected chi connectivity index (χ3v) is 8.22. The fraction of sp³-hybridized carbons (Fsp3) is 0.176.